The molecule has 0 radical (unpaired) electrons. The first kappa shape index (κ1) is 17.9. The molecule has 1 fully saturated rings. The predicted molar refractivity (Wildman–Crippen MR) is 106 cm³/mol. The van der Waals surface area contributed by atoms with Crippen molar-refractivity contribution in [3.8, 4) is 5.75 Å². The fourth-order valence-electron chi connectivity index (χ4n) is 3.68. The number of amides is 1. The number of hydrogen-bond donors (Lipinski definition) is 0. The molecule has 4 rings (SSSR count). The van der Waals surface area contributed by atoms with Gasteiger partial charge in [0.25, 0.3) is 0 Å². The molecule has 1 heterocycles. The van der Waals surface area contributed by atoms with E-state index in [1.807, 2.05) is 30.3 Å². The lowest BCUT2D eigenvalue weighted by Crippen LogP contribution is -2.30. The number of carbonyl (C=O) groups excluding carboxylic acids is 3. The quantitative estimate of drug-likeness (QED) is 0.610. The maximum Gasteiger partial charge on any atom is 0.241 e. The third kappa shape index (κ3) is 2.51. The van der Waals surface area contributed by atoms with Crippen molar-refractivity contribution in [3.05, 3.63) is 77.5 Å². The van der Waals surface area contributed by atoms with Gasteiger partial charge in [-0.05, 0) is 55.3 Å². The third-order valence-electron chi connectivity index (χ3n) is 5.25. The average Bonchev–Trinajstić information content (AvgIpc) is 2.90. The van der Waals surface area contributed by atoms with E-state index in [0.717, 1.165) is 0 Å². The van der Waals surface area contributed by atoms with Gasteiger partial charge in [-0.2, -0.15) is 0 Å². The molecule has 0 unspecified atom stereocenters. The van der Waals surface area contributed by atoms with E-state index < -0.39 is 17.0 Å². The van der Waals surface area contributed by atoms with Crippen LogP contribution in [0.1, 0.15) is 19.4 Å². The van der Waals surface area contributed by atoms with Gasteiger partial charge in [-0.15, -0.1) is 0 Å². The van der Waals surface area contributed by atoms with E-state index in [1.165, 1.54) is 6.08 Å². The zero-order chi connectivity index (χ0) is 20.1. The highest BCUT2D eigenvalue weighted by molar-refractivity contribution is 6.59. The number of ether oxygens (including phenoxy) is 1. The number of Topliss-reactive ketones (excluding diaryl/α,β-unsaturated/α-hetero) is 1. The van der Waals surface area contributed by atoms with Crippen LogP contribution in [0.2, 0.25) is 0 Å². The molecule has 0 bridgehead atoms. The molecule has 0 aromatic heterocycles. The van der Waals surface area contributed by atoms with Crippen LogP contribution in [-0.4, -0.2) is 24.6 Å². The number of carbonyl (C=O) groups is 3. The largest absolute Gasteiger partial charge is 0.497 e. The molecule has 0 N–H and O–H groups in total. The van der Waals surface area contributed by atoms with Crippen molar-refractivity contribution in [1.29, 1.82) is 0 Å². The highest BCUT2D eigenvalue weighted by atomic mass is 16.5. The lowest BCUT2D eigenvalue weighted by molar-refractivity contribution is -0.130. The van der Waals surface area contributed by atoms with Crippen molar-refractivity contribution in [2.75, 3.05) is 12.0 Å². The molecule has 0 spiro atoms. The summed E-state index contributed by atoms with van der Waals surface area (Å²) in [6.45, 7) is 3.55. The summed E-state index contributed by atoms with van der Waals surface area (Å²) in [6.07, 6.45) is 1.31. The Labute approximate surface area is 162 Å². The summed E-state index contributed by atoms with van der Waals surface area (Å²) < 4.78 is 5.19. The molecule has 2 aromatic carbocycles. The number of benzene rings is 2. The van der Waals surface area contributed by atoms with E-state index in [-0.39, 0.29) is 11.5 Å². The van der Waals surface area contributed by atoms with E-state index in [0.29, 0.717) is 28.3 Å². The molecule has 1 aliphatic carbocycles. The molecule has 5 heteroatoms. The van der Waals surface area contributed by atoms with E-state index in [1.54, 1.807) is 50.1 Å². The number of allylic oxidation sites excluding steroid dienone is 3. The standard InChI is InChI=1S/C23H19NO4/c1-23(2)17-13-18(25)21(26)19(14-9-11-16(28-3)12-10-14)20(17)24(22(23)27)15-7-5-4-6-8-15/h4-13H,1-3H3. The van der Waals surface area contributed by atoms with Gasteiger partial charge in [0, 0.05) is 5.69 Å². The SMILES string of the molecule is COc1ccc(C2=C3C(=CC(=O)C2=O)C(C)(C)C(=O)N3c2ccccc2)cc1. The van der Waals surface area contributed by atoms with Gasteiger partial charge in [-0.3, -0.25) is 19.3 Å². The van der Waals surface area contributed by atoms with E-state index in [2.05, 4.69) is 0 Å². The highest BCUT2D eigenvalue weighted by Gasteiger charge is 2.51. The smallest absolute Gasteiger partial charge is 0.241 e. The van der Waals surface area contributed by atoms with Crippen LogP contribution in [0, 0.1) is 5.41 Å². The minimum Gasteiger partial charge on any atom is -0.497 e. The summed E-state index contributed by atoms with van der Waals surface area (Å²) >= 11 is 0. The van der Waals surface area contributed by atoms with Gasteiger partial charge < -0.3 is 4.74 Å². The summed E-state index contributed by atoms with van der Waals surface area (Å²) in [4.78, 5) is 40.2. The van der Waals surface area contributed by atoms with Crippen LogP contribution in [0.3, 0.4) is 0 Å². The van der Waals surface area contributed by atoms with Crippen LogP contribution in [0.25, 0.3) is 5.57 Å². The van der Waals surface area contributed by atoms with Crippen molar-refractivity contribution in [3.63, 3.8) is 0 Å². The molecule has 2 aliphatic rings. The topological polar surface area (TPSA) is 63.7 Å². The first-order valence-electron chi connectivity index (χ1n) is 8.95. The maximum atomic E-state index is 13.3. The van der Waals surface area contributed by atoms with Crippen molar-refractivity contribution in [2.45, 2.75) is 13.8 Å². The molecule has 1 amide bonds. The van der Waals surface area contributed by atoms with Crippen LogP contribution in [0.5, 0.6) is 5.75 Å². The average molecular weight is 373 g/mol. The van der Waals surface area contributed by atoms with Crippen LogP contribution < -0.4 is 9.64 Å². The number of hydrogen-bond acceptors (Lipinski definition) is 4. The summed E-state index contributed by atoms with van der Waals surface area (Å²) in [7, 11) is 1.56. The lowest BCUT2D eigenvalue weighted by atomic mass is 9.79. The van der Waals surface area contributed by atoms with Crippen LogP contribution >= 0.6 is 0 Å². The number of anilines is 1. The zero-order valence-electron chi connectivity index (χ0n) is 15.9. The van der Waals surface area contributed by atoms with Gasteiger partial charge in [0.1, 0.15) is 5.75 Å². The van der Waals surface area contributed by atoms with Gasteiger partial charge in [0.2, 0.25) is 17.5 Å². The second-order valence-electron chi connectivity index (χ2n) is 7.30. The minimum atomic E-state index is -0.917. The highest BCUT2D eigenvalue weighted by Crippen LogP contribution is 2.49. The number of rotatable bonds is 3. The van der Waals surface area contributed by atoms with Crippen molar-refractivity contribution in [1.82, 2.24) is 0 Å². The summed E-state index contributed by atoms with van der Waals surface area (Å²) in [5.41, 5.74) is 1.61. The fourth-order valence-corrected chi connectivity index (χ4v) is 3.68. The van der Waals surface area contributed by atoms with Crippen molar-refractivity contribution >= 4 is 28.7 Å². The Morgan fingerprint density at radius 1 is 0.893 bits per heavy atom. The minimum absolute atomic E-state index is 0.173. The molecule has 1 aliphatic heterocycles. The van der Waals surface area contributed by atoms with Crippen LogP contribution in [0.15, 0.2) is 71.9 Å². The Bertz CT molecular complexity index is 1060. The number of nitrogens with zero attached hydrogens (tertiary/aromatic N) is 1. The monoisotopic (exact) mass is 373 g/mol. The van der Waals surface area contributed by atoms with E-state index in [9.17, 15) is 14.4 Å². The number of fused-ring (bicyclic) bond motifs is 1. The van der Waals surface area contributed by atoms with Crippen LogP contribution in [-0.2, 0) is 14.4 Å². The van der Waals surface area contributed by atoms with Gasteiger partial charge in [0.15, 0.2) is 0 Å². The molecule has 1 saturated heterocycles. The molecule has 140 valence electrons. The van der Waals surface area contributed by atoms with Gasteiger partial charge >= 0.3 is 0 Å². The second-order valence-corrected chi connectivity index (χ2v) is 7.30. The van der Waals surface area contributed by atoms with Crippen LogP contribution in [0.4, 0.5) is 5.69 Å². The van der Waals surface area contributed by atoms with Gasteiger partial charge in [-0.25, -0.2) is 0 Å². The van der Waals surface area contributed by atoms with Gasteiger partial charge in [-0.1, -0.05) is 30.3 Å². The maximum absolute atomic E-state index is 13.3. The lowest BCUT2D eigenvalue weighted by Gasteiger charge is -2.23. The Morgan fingerprint density at radius 2 is 1.54 bits per heavy atom. The Balaban J connectivity index is 2.02. The predicted octanol–water partition coefficient (Wildman–Crippen LogP) is 3.56. The van der Waals surface area contributed by atoms with Gasteiger partial charge in [0.05, 0.1) is 23.8 Å². The Morgan fingerprint density at radius 3 is 2.14 bits per heavy atom. The molecular formula is C23H19NO4. The second kappa shape index (κ2) is 6.30. The number of ketones is 2. The molecule has 28 heavy (non-hydrogen) atoms. The zero-order valence-corrected chi connectivity index (χ0v) is 15.9. The molecule has 0 saturated carbocycles. The summed E-state index contributed by atoms with van der Waals surface area (Å²) in [5.74, 6) is -0.758. The fraction of sp³-hybridized carbons (Fsp3) is 0.174. The Kier molecular flexibility index (Phi) is 4.03. The first-order valence-corrected chi connectivity index (χ1v) is 8.95. The third-order valence-corrected chi connectivity index (χ3v) is 5.25. The van der Waals surface area contributed by atoms with E-state index >= 15 is 0 Å². The number of para-hydroxylation sites is 1. The van der Waals surface area contributed by atoms with Crippen molar-refractivity contribution < 1.29 is 19.1 Å². The molecular weight excluding hydrogens is 354 g/mol. The molecule has 0 atom stereocenters. The molecule has 2 aromatic rings. The van der Waals surface area contributed by atoms with Crippen molar-refractivity contribution in [2.24, 2.45) is 5.41 Å². The first-order chi connectivity index (χ1) is 13.4. The Hall–Kier alpha value is -3.47. The molecule has 5 nitrogen and oxygen atoms in total. The number of methoxy groups -OCH3 is 1. The normalized spacial score (nSPS) is 18.3. The summed E-state index contributed by atoms with van der Waals surface area (Å²) in [6, 6.07) is 16.1. The summed E-state index contributed by atoms with van der Waals surface area (Å²) in [5, 5.41) is 0. The van der Waals surface area contributed by atoms with E-state index in [4.69, 9.17) is 4.74 Å².